The summed E-state index contributed by atoms with van der Waals surface area (Å²) in [6, 6.07) is 31.1. The van der Waals surface area contributed by atoms with Gasteiger partial charge in [0, 0.05) is 25.6 Å². The second-order valence-electron chi connectivity index (χ2n) is 10.5. The van der Waals surface area contributed by atoms with Gasteiger partial charge in [0.1, 0.15) is 18.3 Å². The van der Waals surface area contributed by atoms with Gasteiger partial charge in [0.05, 0.1) is 17.7 Å². The van der Waals surface area contributed by atoms with Crippen molar-refractivity contribution in [2.45, 2.75) is 44.2 Å². The Labute approximate surface area is 260 Å². The molecule has 0 saturated heterocycles. The zero-order valence-electron chi connectivity index (χ0n) is 25.3. The minimum absolute atomic E-state index is 0.0508. The van der Waals surface area contributed by atoms with Crippen LogP contribution in [0, 0.1) is 6.92 Å². The number of hydrogen-bond acceptors (Lipinski definition) is 5. The lowest BCUT2D eigenvalue weighted by atomic mass is 10.0. The second-order valence-corrected chi connectivity index (χ2v) is 12.4. The molecule has 0 unspecified atom stereocenters. The number of rotatable bonds is 14. The lowest BCUT2D eigenvalue weighted by molar-refractivity contribution is -0.140. The van der Waals surface area contributed by atoms with Crippen molar-refractivity contribution in [3.05, 3.63) is 126 Å². The van der Waals surface area contributed by atoms with Crippen molar-refractivity contribution in [3.8, 4) is 5.75 Å². The largest absolute Gasteiger partial charge is 0.497 e. The Morgan fingerprint density at radius 3 is 2.09 bits per heavy atom. The fourth-order valence-corrected chi connectivity index (χ4v) is 6.24. The quantitative estimate of drug-likeness (QED) is 0.207. The van der Waals surface area contributed by atoms with Crippen molar-refractivity contribution in [2.75, 3.05) is 24.5 Å². The SMILES string of the molecule is CCCNC(=O)[C@@H](Cc1ccccc1)N(Cc1ccccc1)C(=O)CN(c1cccc(OC)c1)S(=O)(=O)c1ccc(C)cc1. The first-order chi connectivity index (χ1) is 21.2. The van der Waals surface area contributed by atoms with Crippen molar-refractivity contribution in [3.63, 3.8) is 0 Å². The van der Waals surface area contributed by atoms with E-state index < -0.39 is 28.5 Å². The Bertz CT molecular complexity index is 1630. The van der Waals surface area contributed by atoms with E-state index in [1.54, 1.807) is 36.4 Å². The summed E-state index contributed by atoms with van der Waals surface area (Å²) >= 11 is 0. The topological polar surface area (TPSA) is 96.0 Å². The van der Waals surface area contributed by atoms with E-state index in [0.717, 1.165) is 27.4 Å². The molecular formula is C35H39N3O5S. The second kappa shape index (κ2) is 15.2. The molecule has 0 heterocycles. The number of carbonyl (C=O) groups excluding carboxylic acids is 2. The number of aryl methyl sites for hydroxylation is 1. The summed E-state index contributed by atoms with van der Waals surface area (Å²) in [5, 5.41) is 2.95. The molecular weight excluding hydrogens is 574 g/mol. The van der Waals surface area contributed by atoms with Crippen LogP contribution in [0.4, 0.5) is 5.69 Å². The van der Waals surface area contributed by atoms with Gasteiger partial charge in [0.2, 0.25) is 11.8 Å². The van der Waals surface area contributed by atoms with Crippen molar-refractivity contribution < 1.29 is 22.7 Å². The molecule has 0 bridgehead atoms. The summed E-state index contributed by atoms with van der Waals surface area (Å²) in [5.74, 6) is -0.365. The molecule has 0 fully saturated rings. The molecule has 4 rings (SSSR count). The van der Waals surface area contributed by atoms with E-state index in [9.17, 15) is 18.0 Å². The number of hydrogen-bond donors (Lipinski definition) is 1. The molecule has 44 heavy (non-hydrogen) atoms. The minimum Gasteiger partial charge on any atom is -0.497 e. The van der Waals surface area contributed by atoms with Gasteiger partial charge >= 0.3 is 0 Å². The molecule has 0 saturated carbocycles. The predicted molar refractivity (Wildman–Crippen MR) is 173 cm³/mol. The highest BCUT2D eigenvalue weighted by Crippen LogP contribution is 2.28. The maximum Gasteiger partial charge on any atom is 0.264 e. The van der Waals surface area contributed by atoms with Crippen LogP contribution in [0.25, 0.3) is 0 Å². The van der Waals surface area contributed by atoms with Gasteiger partial charge in [0.15, 0.2) is 0 Å². The predicted octanol–water partition coefficient (Wildman–Crippen LogP) is 5.37. The monoisotopic (exact) mass is 613 g/mol. The van der Waals surface area contributed by atoms with Crippen molar-refractivity contribution in [1.82, 2.24) is 10.2 Å². The molecule has 0 aliphatic rings. The Kier molecular flexibility index (Phi) is 11.2. The molecule has 1 N–H and O–H groups in total. The fraction of sp³-hybridized carbons (Fsp3) is 0.257. The molecule has 0 aromatic heterocycles. The average Bonchev–Trinajstić information content (AvgIpc) is 3.05. The van der Waals surface area contributed by atoms with Gasteiger partial charge in [-0.15, -0.1) is 0 Å². The number of nitrogens with zero attached hydrogens (tertiary/aromatic N) is 2. The zero-order chi connectivity index (χ0) is 31.5. The number of amides is 2. The Morgan fingerprint density at radius 2 is 1.48 bits per heavy atom. The highest BCUT2D eigenvalue weighted by atomic mass is 32.2. The first kappa shape index (κ1) is 32.3. The van der Waals surface area contributed by atoms with Crippen molar-refractivity contribution in [2.24, 2.45) is 0 Å². The summed E-state index contributed by atoms with van der Waals surface area (Å²) < 4.78 is 34.7. The van der Waals surface area contributed by atoms with E-state index >= 15 is 0 Å². The van der Waals surface area contributed by atoms with Crippen LogP contribution in [-0.4, -0.2) is 51.4 Å². The number of methoxy groups -OCH3 is 1. The normalized spacial score (nSPS) is 11.8. The molecule has 4 aromatic carbocycles. The van der Waals surface area contributed by atoms with Crippen LogP contribution in [0.3, 0.4) is 0 Å². The van der Waals surface area contributed by atoms with Gasteiger partial charge in [-0.2, -0.15) is 0 Å². The van der Waals surface area contributed by atoms with Crippen molar-refractivity contribution >= 4 is 27.5 Å². The number of benzene rings is 4. The lowest BCUT2D eigenvalue weighted by Crippen LogP contribution is -2.53. The molecule has 8 nitrogen and oxygen atoms in total. The standard InChI is InChI=1S/C35H39N3O5S/c1-4-22-36-35(40)33(23-28-12-7-5-8-13-28)37(25-29-14-9-6-10-15-29)34(39)26-38(30-16-11-17-31(24-30)43-3)44(41,42)32-20-18-27(2)19-21-32/h5-21,24,33H,4,22-23,25-26H2,1-3H3,(H,36,40)/t33-/m1/s1. The number of ether oxygens (including phenoxy) is 1. The average molecular weight is 614 g/mol. The summed E-state index contributed by atoms with van der Waals surface area (Å²) in [7, 11) is -2.69. The molecule has 2 amide bonds. The molecule has 4 aromatic rings. The Hall–Kier alpha value is -4.63. The van der Waals surface area contributed by atoms with Crippen LogP contribution >= 0.6 is 0 Å². The number of nitrogens with one attached hydrogen (secondary N) is 1. The van der Waals surface area contributed by atoms with Crippen LogP contribution in [0.1, 0.15) is 30.0 Å². The van der Waals surface area contributed by atoms with Gasteiger partial charge in [-0.05, 0) is 48.7 Å². The molecule has 0 aliphatic carbocycles. The van der Waals surface area contributed by atoms with E-state index in [0.29, 0.717) is 12.3 Å². The third-order valence-corrected chi connectivity index (χ3v) is 9.03. The first-order valence-electron chi connectivity index (χ1n) is 14.6. The Morgan fingerprint density at radius 1 is 0.841 bits per heavy atom. The summed E-state index contributed by atoms with van der Waals surface area (Å²) in [6.45, 7) is 3.88. The van der Waals surface area contributed by atoms with Gasteiger partial charge in [-0.25, -0.2) is 8.42 Å². The molecule has 0 aliphatic heterocycles. The molecule has 0 radical (unpaired) electrons. The van der Waals surface area contributed by atoms with Crippen LogP contribution in [0.15, 0.2) is 114 Å². The van der Waals surface area contributed by atoms with E-state index in [1.165, 1.54) is 24.1 Å². The van der Waals surface area contributed by atoms with E-state index in [2.05, 4.69) is 5.32 Å². The van der Waals surface area contributed by atoms with E-state index in [1.807, 2.05) is 74.5 Å². The lowest BCUT2D eigenvalue weighted by Gasteiger charge is -2.34. The highest BCUT2D eigenvalue weighted by Gasteiger charge is 2.34. The van der Waals surface area contributed by atoms with Crippen LogP contribution in [0.2, 0.25) is 0 Å². The third-order valence-electron chi connectivity index (χ3n) is 7.25. The van der Waals surface area contributed by atoms with Crippen LogP contribution in [0.5, 0.6) is 5.75 Å². The summed E-state index contributed by atoms with van der Waals surface area (Å²) in [6.07, 6.45) is 0.994. The zero-order valence-corrected chi connectivity index (χ0v) is 26.2. The van der Waals surface area contributed by atoms with Crippen molar-refractivity contribution in [1.29, 1.82) is 0 Å². The molecule has 230 valence electrons. The maximum atomic E-state index is 14.4. The fourth-order valence-electron chi connectivity index (χ4n) is 4.83. The van der Waals surface area contributed by atoms with Gasteiger partial charge in [-0.3, -0.25) is 13.9 Å². The molecule has 0 spiro atoms. The van der Waals surface area contributed by atoms with E-state index in [-0.39, 0.29) is 29.5 Å². The first-order valence-corrected chi connectivity index (χ1v) is 16.1. The maximum absolute atomic E-state index is 14.4. The van der Waals surface area contributed by atoms with Crippen LogP contribution in [-0.2, 0) is 32.6 Å². The van der Waals surface area contributed by atoms with E-state index in [4.69, 9.17) is 4.74 Å². The van der Waals surface area contributed by atoms with Crippen LogP contribution < -0.4 is 14.4 Å². The third kappa shape index (κ3) is 8.26. The highest BCUT2D eigenvalue weighted by molar-refractivity contribution is 7.92. The smallest absolute Gasteiger partial charge is 0.264 e. The van der Waals surface area contributed by atoms with Gasteiger partial charge in [0.25, 0.3) is 10.0 Å². The number of sulfonamides is 1. The minimum atomic E-state index is -4.19. The molecule has 1 atom stereocenters. The summed E-state index contributed by atoms with van der Waals surface area (Å²) in [5.41, 5.74) is 2.88. The summed E-state index contributed by atoms with van der Waals surface area (Å²) in [4.78, 5) is 29.7. The van der Waals surface area contributed by atoms with Gasteiger partial charge < -0.3 is 15.0 Å². The molecule has 9 heteroatoms. The Balaban J connectivity index is 1.79. The number of carbonyl (C=O) groups is 2. The number of anilines is 1. The van der Waals surface area contributed by atoms with Gasteiger partial charge in [-0.1, -0.05) is 91.3 Å².